The van der Waals surface area contributed by atoms with Gasteiger partial charge >= 0.3 is 0 Å². The zero-order valence-corrected chi connectivity index (χ0v) is 13.6. The molecule has 1 fully saturated rings. The van der Waals surface area contributed by atoms with Gasteiger partial charge in [0, 0.05) is 5.56 Å². The van der Waals surface area contributed by atoms with Crippen molar-refractivity contribution in [3.8, 4) is 17.2 Å². The van der Waals surface area contributed by atoms with Gasteiger partial charge in [0.2, 0.25) is 5.75 Å². The molecule has 122 valence electrons. The lowest BCUT2D eigenvalue weighted by molar-refractivity contribution is -0.954. The molecule has 0 aromatic heterocycles. The molecule has 22 heavy (non-hydrogen) atoms. The molecule has 2 aliphatic heterocycles. The van der Waals surface area contributed by atoms with E-state index in [0.29, 0.717) is 11.8 Å². The lowest BCUT2D eigenvalue weighted by Gasteiger charge is -2.35. The molecule has 1 saturated heterocycles. The molecule has 0 amide bonds. The fourth-order valence-electron chi connectivity index (χ4n) is 3.66. The Bertz CT molecular complexity index is 529. The molecule has 2 heterocycles. The second-order valence-electron chi connectivity index (χ2n) is 5.77. The van der Waals surface area contributed by atoms with E-state index in [1.807, 2.05) is 0 Å². The Kier molecular flexibility index (Phi) is 4.71. The van der Waals surface area contributed by atoms with Crippen molar-refractivity contribution in [2.24, 2.45) is 0 Å². The van der Waals surface area contributed by atoms with Crippen LogP contribution in [0.1, 0.15) is 17.2 Å². The molecule has 0 bridgehead atoms. The third kappa shape index (κ3) is 2.62. The Labute approximate surface area is 131 Å². The van der Waals surface area contributed by atoms with Gasteiger partial charge in [-0.2, -0.15) is 0 Å². The maximum atomic E-state index is 5.73. The van der Waals surface area contributed by atoms with Gasteiger partial charge in [-0.25, -0.2) is 0 Å². The molecular formula is C16H26N2O4+2. The number of hydrogen-bond acceptors (Lipinski definition) is 4. The first-order valence-electron chi connectivity index (χ1n) is 7.85. The standard InChI is InChI=1S/C16H24N2O4/c1-19-13-8-11-9-17-10-12(18-4-6-22-7-5-18)14(11)16(21-3)15(13)20-2/h8,12,17H,4-7,9-10H2,1-3H3/p+2/t12-/m0/s1. The lowest BCUT2D eigenvalue weighted by atomic mass is 9.93. The third-order valence-electron chi connectivity index (χ3n) is 4.70. The average Bonchev–Trinajstić information content (AvgIpc) is 2.60. The van der Waals surface area contributed by atoms with Crippen molar-refractivity contribution in [3.05, 3.63) is 17.2 Å². The molecule has 1 atom stereocenters. The summed E-state index contributed by atoms with van der Waals surface area (Å²) in [5.41, 5.74) is 2.56. The Morgan fingerprint density at radius 3 is 2.45 bits per heavy atom. The van der Waals surface area contributed by atoms with E-state index >= 15 is 0 Å². The number of benzene rings is 1. The second kappa shape index (κ2) is 6.73. The van der Waals surface area contributed by atoms with Crippen LogP contribution in [0.25, 0.3) is 0 Å². The Morgan fingerprint density at radius 2 is 1.82 bits per heavy atom. The third-order valence-corrected chi connectivity index (χ3v) is 4.70. The van der Waals surface area contributed by atoms with Gasteiger partial charge in [-0.1, -0.05) is 0 Å². The minimum absolute atomic E-state index is 0.405. The Hall–Kier alpha value is -1.50. The summed E-state index contributed by atoms with van der Waals surface area (Å²) in [4.78, 5) is 1.56. The molecule has 0 spiro atoms. The van der Waals surface area contributed by atoms with Gasteiger partial charge in [-0.15, -0.1) is 0 Å². The van der Waals surface area contributed by atoms with E-state index in [-0.39, 0.29) is 0 Å². The van der Waals surface area contributed by atoms with Crippen LogP contribution >= 0.6 is 0 Å². The summed E-state index contributed by atoms with van der Waals surface area (Å²) in [6.07, 6.45) is 0. The first-order chi connectivity index (χ1) is 10.8. The van der Waals surface area contributed by atoms with Crippen molar-refractivity contribution in [2.45, 2.75) is 12.6 Å². The summed E-state index contributed by atoms with van der Waals surface area (Å²) in [5, 5.41) is 2.36. The first kappa shape index (κ1) is 15.4. The molecule has 0 unspecified atom stereocenters. The van der Waals surface area contributed by atoms with E-state index in [1.165, 1.54) is 11.1 Å². The van der Waals surface area contributed by atoms with Gasteiger partial charge in [0.15, 0.2) is 17.5 Å². The van der Waals surface area contributed by atoms with Crippen LogP contribution in [0.2, 0.25) is 0 Å². The topological polar surface area (TPSA) is 58.0 Å². The van der Waals surface area contributed by atoms with E-state index in [1.54, 1.807) is 26.2 Å². The first-order valence-corrected chi connectivity index (χ1v) is 7.85. The molecule has 2 aliphatic rings. The summed E-state index contributed by atoms with van der Waals surface area (Å²) < 4.78 is 22.3. The fraction of sp³-hybridized carbons (Fsp3) is 0.625. The van der Waals surface area contributed by atoms with Gasteiger partial charge in [0.05, 0.1) is 40.1 Å². The van der Waals surface area contributed by atoms with Crippen molar-refractivity contribution >= 4 is 0 Å². The van der Waals surface area contributed by atoms with Gasteiger partial charge in [-0.3, -0.25) is 0 Å². The second-order valence-corrected chi connectivity index (χ2v) is 5.77. The minimum atomic E-state index is 0.405. The van der Waals surface area contributed by atoms with E-state index < -0.39 is 0 Å². The quantitative estimate of drug-likeness (QED) is 0.729. The van der Waals surface area contributed by atoms with Crippen LogP contribution in [-0.2, 0) is 11.3 Å². The monoisotopic (exact) mass is 310 g/mol. The number of quaternary nitrogens is 2. The van der Waals surface area contributed by atoms with E-state index in [0.717, 1.165) is 50.9 Å². The van der Waals surface area contributed by atoms with Crippen LogP contribution in [0.15, 0.2) is 6.07 Å². The zero-order chi connectivity index (χ0) is 15.5. The number of ether oxygens (including phenoxy) is 4. The molecule has 3 N–H and O–H groups in total. The van der Waals surface area contributed by atoms with Crippen LogP contribution in [0.3, 0.4) is 0 Å². The van der Waals surface area contributed by atoms with E-state index in [9.17, 15) is 0 Å². The normalized spacial score (nSPS) is 22.0. The summed E-state index contributed by atoms with van der Waals surface area (Å²) in [6, 6.07) is 2.50. The largest absolute Gasteiger partial charge is 0.493 e. The number of morpholine rings is 1. The van der Waals surface area contributed by atoms with E-state index in [4.69, 9.17) is 18.9 Å². The van der Waals surface area contributed by atoms with Crippen molar-refractivity contribution in [2.75, 3.05) is 54.2 Å². The van der Waals surface area contributed by atoms with Gasteiger partial charge in [0.25, 0.3) is 0 Å². The number of hydrogen-bond donors (Lipinski definition) is 2. The molecule has 3 rings (SSSR count). The maximum Gasteiger partial charge on any atom is 0.203 e. The highest BCUT2D eigenvalue weighted by molar-refractivity contribution is 5.60. The summed E-state index contributed by atoms with van der Waals surface area (Å²) in [6.45, 7) is 5.75. The Morgan fingerprint density at radius 1 is 1.09 bits per heavy atom. The smallest absolute Gasteiger partial charge is 0.203 e. The molecular weight excluding hydrogens is 284 g/mol. The lowest BCUT2D eigenvalue weighted by Crippen LogP contribution is -3.17. The highest BCUT2D eigenvalue weighted by Crippen LogP contribution is 2.44. The highest BCUT2D eigenvalue weighted by atomic mass is 16.5. The molecule has 1 aromatic carbocycles. The Balaban J connectivity index is 2.07. The van der Waals surface area contributed by atoms with Crippen molar-refractivity contribution in [3.63, 3.8) is 0 Å². The van der Waals surface area contributed by atoms with Crippen molar-refractivity contribution in [1.82, 2.24) is 0 Å². The molecule has 0 aliphatic carbocycles. The molecule has 0 saturated carbocycles. The maximum absolute atomic E-state index is 5.73. The minimum Gasteiger partial charge on any atom is -0.493 e. The molecule has 1 aromatic rings. The summed E-state index contributed by atoms with van der Waals surface area (Å²) in [7, 11) is 5.04. The molecule has 0 radical (unpaired) electrons. The van der Waals surface area contributed by atoms with Crippen LogP contribution in [0, 0.1) is 0 Å². The summed E-state index contributed by atoms with van der Waals surface area (Å²) >= 11 is 0. The molecule has 6 heteroatoms. The van der Waals surface area contributed by atoms with Crippen LogP contribution in [-0.4, -0.2) is 54.2 Å². The van der Waals surface area contributed by atoms with E-state index in [2.05, 4.69) is 11.4 Å². The van der Waals surface area contributed by atoms with Crippen LogP contribution in [0.4, 0.5) is 0 Å². The predicted molar refractivity (Wildman–Crippen MR) is 80.9 cm³/mol. The van der Waals surface area contributed by atoms with Crippen molar-refractivity contribution < 1.29 is 29.2 Å². The average molecular weight is 310 g/mol. The van der Waals surface area contributed by atoms with Crippen molar-refractivity contribution in [1.29, 1.82) is 0 Å². The summed E-state index contributed by atoms with van der Waals surface area (Å²) in [5.74, 6) is 2.27. The number of rotatable bonds is 4. The fourth-order valence-corrected chi connectivity index (χ4v) is 3.66. The van der Waals surface area contributed by atoms with Crippen LogP contribution in [0.5, 0.6) is 17.2 Å². The zero-order valence-electron chi connectivity index (χ0n) is 13.6. The highest BCUT2D eigenvalue weighted by Gasteiger charge is 2.37. The number of nitrogens with one attached hydrogen (secondary N) is 1. The number of nitrogens with two attached hydrogens (primary N) is 1. The molecule has 6 nitrogen and oxygen atoms in total. The predicted octanol–water partition coefficient (Wildman–Crippen LogP) is -1.25. The number of fused-ring (bicyclic) bond motifs is 1. The van der Waals surface area contributed by atoms with Gasteiger partial charge in [-0.05, 0) is 6.07 Å². The van der Waals surface area contributed by atoms with Gasteiger partial charge in [0.1, 0.15) is 26.2 Å². The van der Waals surface area contributed by atoms with Gasteiger partial charge < -0.3 is 29.2 Å². The van der Waals surface area contributed by atoms with Crippen LogP contribution < -0.4 is 24.4 Å². The number of methoxy groups -OCH3 is 3. The SMILES string of the molecule is COc1cc2c(c(OC)c1OC)[C@@H]([NH+]1CCOCC1)C[NH2+]C2.